The number of aliphatic hydroxyl groups excluding tert-OH is 1. The summed E-state index contributed by atoms with van der Waals surface area (Å²) in [4.78, 5) is 1.26. The van der Waals surface area contributed by atoms with Gasteiger partial charge in [0.05, 0.1) is 13.2 Å². The van der Waals surface area contributed by atoms with Crippen LogP contribution < -0.4 is 5.73 Å². The molecular weight excluding hydrogens is 259 g/mol. The monoisotopic (exact) mass is 275 g/mol. The zero-order chi connectivity index (χ0) is 14.4. The molecule has 0 saturated carbocycles. The number of nitrogens with one attached hydrogen (secondary N) is 1. The first-order chi connectivity index (χ1) is 8.93. The SMILES string of the molecule is N=C(N)c1ccc(CN(CCO)CC(F)F)c(F)c1. The topological polar surface area (TPSA) is 73.3 Å². The van der Waals surface area contributed by atoms with E-state index < -0.39 is 18.8 Å². The second-order valence-electron chi connectivity index (χ2n) is 4.07. The Kier molecular flexibility index (Phi) is 5.78. The quantitative estimate of drug-likeness (QED) is 0.516. The molecule has 19 heavy (non-hydrogen) atoms. The highest BCUT2D eigenvalue weighted by atomic mass is 19.3. The van der Waals surface area contributed by atoms with Gasteiger partial charge in [0.25, 0.3) is 6.43 Å². The van der Waals surface area contributed by atoms with Crippen LogP contribution in [0.15, 0.2) is 18.2 Å². The first-order valence-electron chi connectivity index (χ1n) is 5.68. The van der Waals surface area contributed by atoms with E-state index in [4.69, 9.17) is 16.2 Å². The molecule has 0 aliphatic heterocycles. The van der Waals surface area contributed by atoms with E-state index in [9.17, 15) is 13.2 Å². The molecular formula is C12H16F3N3O. The van der Waals surface area contributed by atoms with Crippen LogP contribution in [0, 0.1) is 11.2 Å². The Balaban J connectivity index is 2.81. The van der Waals surface area contributed by atoms with Gasteiger partial charge in [-0.25, -0.2) is 13.2 Å². The molecule has 0 aliphatic carbocycles. The zero-order valence-corrected chi connectivity index (χ0v) is 10.2. The minimum Gasteiger partial charge on any atom is -0.395 e. The van der Waals surface area contributed by atoms with Gasteiger partial charge in [0.2, 0.25) is 0 Å². The van der Waals surface area contributed by atoms with Gasteiger partial charge in [-0.3, -0.25) is 10.3 Å². The third-order valence-corrected chi connectivity index (χ3v) is 2.57. The molecule has 0 amide bonds. The number of hydrogen-bond donors (Lipinski definition) is 3. The second-order valence-corrected chi connectivity index (χ2v) is 4.07. The average Bonchev–Trinajstić information content (AvgIpc) is 2.31. The molecule has 0 atom stereocenters. The highest BCUT2D eigenvalue weighted by molar-refractivity contribution is 5.94. The van der Waals surface area contributed by atoms with Gasteiger partial charge in [0, 0.05) is 24.2 Å². The molecule has 106 valence electrons. The molecule has 0 fully saturated rings. The summed E-state index contributed by atoms with van der Waals surface area (Å²) in [7, 11) is 0. The van der Waals surface area contributed by atoms with E-state index in [1.54, 1.807) is 0 Å². The summed E-state index contributed by atoms with van der Waals surface area (Å²) >= 11 is 0. The van der Waals surface area contributed by atoms with E-state index in [0.717, 1.165) is 6.07 Å². The number of aliphatic hydroxyl groups is 1. The van der Waals surface area contributed by atoms with Crippen molar-refractivity contribution in [2.24, 2.45) is 5.73 Å². The number of nitrogens with two attached hydrogens (primary N) is 1. The summed E-state index contributed by atoms with van der Waals surface area (Å²) in [5.41, 5.74) is 5.68. The van der Waals surface area contributed by atoms with Crippen LogP contribution in [0.1, 0.15) is 11.1 Å². The number of rotatable bonds is 7. The van der Waals surface area contributed by atoms with Gasteiger partial charge in [-0.15, -0.1) is 0 Å². The van der Waals surface area contributed by atoms with Gasteiger partial charge in [-0.05, 0) is 6.07 Å². The summed E-state index contributed by atoms with van der Waals surface area (Å²) in [6.07, 6.45) is -2.55. The van der Waals surface area contributed by atoms with Crippen LogP contribution in [0.25, 0.3) is 0 Å². The highest BCUT2D eigenvalue weighted by Gasteiger charge is 2.14. The fourth-order valence-corrected chi connectivity index (χ4v) is 1.66. The van der Waals surface area contributed by atoms with Gasteiger partial charge in [0.1, 0.15) is 11.7 Å². The molecule has 0 heterocycles. The molecule has 1 aromatic carbocycles. The van der Waals surface area contributed by atoms with Crippen LogP contribution in [0.5, 0.6) is 0 Å². The lowest BCUT2D eigenvalue weighted by molar-refractivity contribution is 0.0741. The van der Waals surface area contributed by atoms with Crippen molar-refractivity contribution in [2.45, 2.75) is 13.0 Å². The number of benzene rings is 1. The molecule has 4 N–H and O–H groups in total. The van der Waals surface area contributed by atoms with Crippen molar-refractivity contribution in [3.8, 4) is 0 Å². The van der Waals surface area contributed by atoms with E-state index >= 15 is 0 Å². The van der Waals surface area contributed by atoms with Crippen molar-refractivity contribution in [1.29, 1.82) is 5.41 Å². The maximum Gasteiger partial charge on any atom is 0.251 e. The first-order valence-corrected chi connectivity index (χ1v) is 5.68. The minimum absolute atomic E-state index is 0.0328. The van der Waals surface area contributed by atoms with Crippen LogP contribution in [0.2, 0.25) is 0 Å². The number of nitrogen functional groups attached to an aromatic ring is 1. The van der Waals surface area contributed by atoms with E-state index in [2.05, 4.69) is 0 Å². The van der Waals surface area contributed by atoms with E-state index in [1.165, 1.54) is 17.0 Å². The second kappa shape index (κ2) is 7.10. The van der Waals surface area contributed by atoms with Gasteiger partial charge in [-0.2, -0.15) is 0 Å². The van der Waals surface area contributed by atoms with Crippen LogP contribution in [0.4, 0.5) is 13.2 Å². The van der Waals surface area contributed by atoms with Crippen molar-refractivity contribution in [1.82, 2.24) is 4.90 Å². The Bertz CT molecular complexity index is 440. The number of nitrogens with zero attached hydrogens (tertiary/aromatic N) is 1. The third kappa shape index (κ3) is 4.88. The van der Waals surface area contributed by atoms with Crippen LogP contribution in [0.3, 0.4) is 0 Å². The zero-order valence-electron chi connectivity index (χ0n) is 10.2. The molecule has 0 unspecified atom stereocenters. The average molecular weight is 275 g/mol. The molecule has 0 aromatic heterocycles. The number of alkyl halides is 2. The Morgan fingerprint density at radius 3 is 2.58 bits per heavy atom. The molecule has 0 radical (unpaired) electrons. The maximum atomic E-state index is 13.7. The van der Waals surface area contributed by atoms with E-state index in [-0.39, 0.29) is 36.7 Å². The van der Waals surface area contributed by atoms with Crippen molar-refractivity contribution in [3.05, 3.63) is 35.1 Å². The Morgan fingerprint density at radius 2 is 2.11 bits per heavy atom. The van der Waals surface area contributed by atoms with Crippen LogP contribution >= 0.6 is 0 Å². The predicted molar refractivity (Wildman–Crippen MR) is 65.8 cm³/mol. The normalized spacial score (nSPS) is 11.3. The molecule has 0 aliphatic rings. The standard InChI is InChI=1S/C12H16F3N3O/c13-10-5-8(12(16)17)1-2-9(10)6-18(3-4-19)7-11(14)15/h1-2,5,11,19H,3-4,6-7H2,(H3,16,17). The summed E-state index contributed by atoms with van der Waals surface area (Å²) in [6, 6.07) is 3.96. The van der Waals surface area contributed by atoms with Gasteiger partial charge < -0.3 is 10.8 Å². The number of halogens is 3. The molecule has 1 aromatic rings. The molecule has 4 nitrogen and oxygen atoms in total. The summed E-state index contributed by atoms with van der Waals surface area (Å²) < 4.78 is 38.4. The smallest absolute Gasteiger partial charge is 0.251 e. The lowest BCUT2D eigenvalue weighted by Crippen LogP contribution is -2.31. The fourth-order valence-electron chi connectivity index (χ4n) is 1.66. The molecule has 7 heteroatoms. The predicted octanol–water partition coefficient (Wildman–Crippen LogP) is 1.17. The van der Waals surface area contributed by atoms with Crippen molar-refractivity contribution in [3.63, 3.8) is 0 Å². The maximum absolute atomic E-state index is 13.7. The minimum atomic E-state index is -2.55. The third-order valence-electron chi connectivity index (χ3n) is 2.57. The molecule has 0 spiro atoms. The van der Waals surface area contributed by atoms with Gasteiger partial charge >= 0.3 is 0 Å². The molecule has 1 rings (SSSR count). The summed E-state index contributed by atoms with van der Waals surface area (Å²) in [5.74, 6) is -0.866. The van der Waals surface area contributed by atoms with Crippen molar-refractivity contribution >= 4 is 5.84 Å². The van der Waals surface area contributed by atoms with Crippen molar-refractivity contribution in [2.75, 3.05) is 19.7 Å². The highest BCUT2D eigenvalue weighted by Crippen LogP contribution is 2.13. The Morgan fingerprint density at radius 1 is 1.42 bits per heavy atom. The summed E-state index contributed by atoms with van der Waals surface area (Å²) in [5, 5.41) is 16.0. The van der Waals surface area contributed by atoms with Crippen LogP contribution in [-0.2, 0) is 6.54 Å². The number of hydrogen-bond acceptors (Lipinski definition) is 3. The summed E-state index contributed by atoms with van der Waals surface area (Å²) in [6.45, 7) is -0.804. The molecule has 0 saturated heterocycles. The van der Waals surface area contributed by atoms with E-state index in [1.807, 2.05) is 0 Å². The first kappa shape index (κ1) is 15.5. The van der Waals surface area contributed by atoms with E-state index in [0.29, 0.717) is 0 Å². The van der Waals surface area contributed by atoms with Crippen molar-refractivity contribution < 1.29 is 18.3 Å². The largest absolute Gasteiger partial charge is 0.395 e. The molecule has 0 bridgehead atoms. The van der Waals surface area contributed by atoms with Crippen LogP contribution in [-0.4, -0.2) is 42.0 Å². The van der Waals surface area contributed by atoms with Gasteiger partial charge in [0.15, 0.2) is 0 Å². The Hall–Kier alpha value is -1.60. The lowest BCUT2D eigenvalue weighted by atomic mass is 10.1. The fraction of sp³-hybridized carbons (Fsp3) is 0.417. The number of amidine groups is 1. The lowest BCUT2D eigenvalue weighted by Gasteiger charge is -2.21. The Labute approximate surface area is 109 Å². The van der Waals surface area contributed by atoms with Gasteiger partial charge in [-0.1, -0.05) is 12.1 Å².